The summed E-state index contributed by atoms with van der Waals surface area (Å²) in [4.78, 5) is 11.5. The van der Waals surface area contributed by atoms with Gasteiger partial charge in [-0.25, -0.2) is 0 Å². The van der Waals surface area contributed by atoms with E-state index in [1.165, 1.54) is 0 Å². The molecule has 0 saturated carbocycles. The molecule has 1 atom stereocenters. The van der Waals surface area contributed by atoms with Crippen LogP contribution in [0.15, 0.2) is 18.2 Å². The van der Waals surface area contributed by atoms with Gasteiger partial charge in [0.05, 0.1) is 17.2 Å². The molecule has 0 fully saturated rings. The third kappa shape index (κ3) is 2.97. The summed E-state index contributed by atoms with van der Waals surface area (Å²) in [7, 11) is 0. The number of nitrogens with zero attached hydrogens (tertiary/aromatic N) is 1. The number of anilines is 2. The average Bonchev–Trinajstić information content (AvgIpc) is 2.38. The van der Waals surface area contributed by atoms with Crippen LogP contribution < -0.4 is 15.4 Å². The van der Waals surface area contributed by atoms with Crippen LogP contribution in [0.2, 0.25) is 0 Å². The minimum atomic E-state index is -0.469. The molecule has 0 spiro atoms. The maximum Gasteiger partial charge on any atom is 0.265 e. The fourth-order valence-electron chi connectivity index (χ4n) is 1.68. The van der Waals surface area contributed by atoms with Crippen LogP contribution in [0.4, 0.5) is 11.4 Å². The van der Waals surface area contributed by atoms with Gasteiger partial charge in [-0.15, -0.1) is 0 Å². The largest absolute Gasteiger partial charge is 0.479 e. The lowest BCUT2D eigenvalue weighted by molar-refractivity contribution is -0.122. The Bertz CT molecular complexity index is 546. The Morgan fingerprint density at radius 3 is 2.95 bits per heavy atom. The molecule has 0 aromatic heterocycles. The molecule has 5 nitrogen and oxygen atoms in total. The SMILES string of the molecule is CC1Oc2ccc(NCC(C)(C)C#N)cc2NC1=O. The monoisotopic (exact) mass is 259 g/mol. The molecule has 0 bridgehead atoms. The van der Waals surface area contributed by atoms with Gasteiger partial charge in [0.1, 0.15) is 5.75 Å². The van der Waals surface area contributed by atoms with Crippen molar-refractivity contribution in [3.05, 3.63) is 18.2 Å². The van der Waals surface area contributed by atoms with Crippen molar-refractivity contribution >= 4 is 17.3 Å². The van der Waals surface area contributed by atoms with Crippen LogP contribution in [0.1, 0.15) is 20.8 Å². The van der Waals surface area contributed by atoms with Gasteiger partial charge in [-0.3, -0.25) is 4.79 Å². The van der Waals surface area contributed by atoms with Gasteiger partial charge >= 0.3 is 0 Å². The number of ether oxygens (including phenoxy) is 1. The van der Waals surface area contributed by atoms with E-state index in [1.807, 2.05) is 32.0 Å². The summed E-state index contributed by atoms with van der Waals surface area (Å²) in [6.07, 6.45) is -0.469. The fourth-order valence-corrected chi connectivity index (χ4v) is 1.68. The molecule has 2 N–H and O–H groups in total. The number of fused-ring (bicyclic) bond motifs is 1. The average molecular weight is 259 g/mol. The molecule has 1 amide bonds. The van der Waals surface area contributed by atoms with E-state index in [0.29, 0.717) is 18.0 Å². The second-order valence-corrected chi connectivity index (χ2v) is 5.31. The smallest absolute Gasteiger partial charge is 0.265 e. The van der Waals surface area contributed by atoms with E-state index in [4.69, 9.17) is 10.00 Å². The summed E-state index contributed by atoms with van der Waals surface area (Å²) in [5.74, 6) is 0.513. The van der Waals surface area contributed by atoms with E-state index in [-0.39, 0.29) is 5.91 Å². The third-order valence-electron chi connectivity index (χ3n) is 2.95. The standard InChI is InChI=1S/C14H17N3O2/c1-9-13(18)17-11-6-10(4-5-12(11)19-9)16-8-14(2,3)7-15/h4-6,9,16H,8H2,1-3H3,(H,17,18). The maximum absolute atomic E-state index is 11.5. The normalized spacial score (nSPS) is 17.8. The molecular formula is C14H17N3O2. The van der Waals surface area contributed by atoms with Gasteiger partial charge in [-0.1, -0.05) is 0 Å². The number of nitriles is 1. The Labute approximate surface area is 112 Å². The predicted octanol–water partition coefficient (Wildman–Crippen LogP) is 2.37. The van der Waals surface area contributed by atoms with Gasteiger partial charge in [-0.2, -0.15) is 5.26 Å². The van der Waals surface area contributed by atoms with Gasteiger partial charge in [0, 0.05) is 12.2 Å². The van der Waals surface area contributed by atoms with Crippen LogP contribution in [0, 0.1) is 16.7 Å². The number of carbonyl (C=O) groups is 1. The van der Waals surface area contributed by atoms with Crippen LogP contribution in [0.3, 0.4) is 0 Å². The number of hydrogen-bond acceptors (Lipinski definition) is 4. The van der Waals surface area contributed by atoms with Crippen molar-refractivity contribution in [2.24, 2.45) is 5.41 Å². The van der Waals surface area contributed by atoms with E-state index >= 15 is 0 Å². The zero-order chi connectivity index (χ0) is 14.0. The van der Waals surface area contributed by atoms with Crippen molar-refractivity contribution in [2.45, 2.75) is 26.9 Å². The van der Waals surface area contributed by atoms with E-state index in [2.05, 4.69) is 16.7 Å². The van der Waals surface area contributed by atoms with Crippen molar-refractivity contribution in [3.63, 3.8) is 0 Å². The molecule has 1 heterocycles. The van der Waals surface area contributed by atoms with Gasteiger partial charge in [0.25, 0.3) is 5.91 Å². The molecule has 0 radical (unpaired) electrons. The number of hydrogen-bond donors (Lipinski definition) is 2. The molecule has 1 aliphatic heterocycles. The Morgan fingerprint density at radius 1 is 1.53 bits per heavy atom. The second kappa shape index (κ2) is 4.81. The summed E-state index contributed by atoms with van der Waals surface area (Å²) in [6, 6.07) is 7.73. The first-order chi connectivity index (χ1) is 8.91. The van der Waals surface area contributed by atoms with Crippen molar-refractivity contribution in [1.29, 1.82) is 5.26 Å². The summed E-state index contributed by atoms with van der Waals surface area (Å²) in [6.45, 7) is 5.98. The zero-order valence-electron chi connectivity index (χ0n) is 11.3. The first-order valence-electron chi connectivity index (χ1n) is 6.18. The highest BCUT2D eigenvalue weighted by Gasteiger charge is 2.23. The Balaban J connectivity index is 2.12. The maximum atomic E-state index is 11.5. The Hall–Kier alpha value is -2.22. The Morgan fingerprint density at radius 2 is 2.26 bits per heavy atom. The molecule has 100 valence electrons. The number of benzene rings is 1. The van der Waals surface area contributed by atoms with Crippen molar-refractivity contribution in [3.8, 4) is 11.8 Å². The molecule has 1 aromatic rings. The molecule has 5 heteroatoms. The highest BCUT2D eigenvalue weighted by Crippen LogP contribution is 2.32. The molecule has 1 unspecified atom stereocenters. The number of rotatable bonds is 3. The van der Waals surface area contributed by atoms with Crippen molar-refractivity contribution < 1.29 is 9.53 Å². The summed E-state index contributed by atoms with van der Waals surface area (Å²) < 4.78 is 5.47. The van der Waals surface area contributed by atoms with Crippen LogP contribution in [-0.4, -0.2) is 18.6 Å². The van der Waals surface area contributed by atoms with Crippen LogP contribution in [0.5, 0.6) is 5.75 Å². The van der Waals surface area contributed by atoms with Crippen LogP contribution >= 0.6 is 0 Å². The highest BCUT2D eigenvalue weighted by atomic mass is 16.5. The molecular weight excluding hydrogens is 242 g/mol. The van der Waals surface area contributed by atoms with E-state index < -0.39 is 11.5 Å². The summed E-state index contributed by atoms with van der Waals surface area (Å²) >= 11 is 0. The lowest BCUT2D eigenvalue weighted by Gasteiger charge is -2.24. The summed E-state index contributed by atoms with van der Waals surface area (Å²) in [5, 5.41) is 14.9. The first-order valence-corrected chi connectivity index (χ1v) is 6.18. The second-order valence-electron chi connectivity index (χ2n) is 5.31. The first kappa shape index (κ1) is 13.2. The van der Waals surface area contributed by atoms with E-state index in [0.717, 1.165) is 5.69 Å². The lowest BCUT2D eigenvalue weighted by atomic mass is 9.96. The molecule has 0 aliphatic carbocycles. The molecule has 1 aliphatic rings. The van der Waals surface area contributed by atoms with Crippen LogP contribution in [-0.2, 0) is 4.79 Å². The topological polar surface area (TPSA) is 74.2 Å². The number of nitrogens with one attached hydrogen (secondary N) is 2. The predicted molar refractivity (Wildman–Crippen MR) is 73.0 cm³/mol. The fraction of sp³-hybridized carbons (Fsp3) is 0.429. The number of amides is 1. The minimum Gasteiger partial charge on any atom is -0.479 e. The minimum absolute atomic E-state index is 0.151. The Kier molecular flexibility index (Phi) is 3.34. The highest BCUT2D eigenvalue weighted by molar-refractivity contribution is 5.98. The lowest BCUT2D eigenvalue weighted by Crippen LogP contribution is -2.34. The molecule has 2 rings (SSSR count). The van der Waals surface area contributed by atoms with Gasteiger partial charge in [0.2, 0.25) is 0 Å². The van der Waals surface area contributed by atoms with E-state index in [1.54, 1.807) is 6.92 Å². The van der Waals surface area contributed by atoms with Gasteiger partial charge in [0.15, 0.2) is 6.10 Å². The summed E-state index contributed by atoms with van der Waals surface area (Å²) in [5.41, 5.74) is 1.06. The quantitative estimate of drug-likeness (QED) is 0.874. The number of carbonyl (C=O) groups excluding carboxylic acids is 1. The third-order valence-corrected chi connectivity index (χ3v) is 2.95. The van der Waals surface area contributed by atoms with Gasteiger partial charge in [-0.05, 0) is 39.0 Å². The van der Waals surface area contributed by atoms with E-state index in [9.17, 15) is 4.79 Å². The van der Waals surface area contributed by atoms with Crippen molar-refractivity contribution in [1.82, 2.24) is 0 Å². The molecule has 1 aromatic carbocycles. The van der Waals surface area contributed by atoms with Gasteiger partial charge < -0.3 is 15.4 Å². The molecule has 19 heavy (non-hydrogen) atoms. The molecule has 0 saturated heterocycles. The van der Waals surface area contributed by atoms with Crippen molar-refractivity contribution in [2.75, 3.05) is 17.2 Å². The zero-order valence-corrected chi connectivity index (χ0v) is 11.3. The van der Waals surface area contributed by atoms with Crippen LogP contribution in [0.25, 0.3) is 0 Å².